The molecule has 10 heavy (non-hydrogen) atoms. The Morgan fingerprint density at radius 1 is 1.70 bits per heavy atom. The summed E-state index contributed by atoms with van der Waals surface area (Å²) in [5.74, 6) is 0. The van der Waals surface area contributed by atoms with Crippen molar-refractivity contribution in [2.24, 2.45) is 0 Å². The van der Waals surface area contributed by atoms with Gasteiger partial charge in [-0.3, -0.25) is 0 Å². The van der Waals surface area contributed by atoms with E-state index in [0.29, 0.717) is 5.56 Å². The lowest BCUT2D eigenvalue weighted by atomic mass is 10.2. The fourth-order valence-electron chi connectivity index (χ4n) is 0.632. The van der Waals surface area contributed by atoms with E-state index < -0.39 is 0 Å². The van der Waals surface area contributed by atoms with Crippen molar-refractivity contribution in [3.05, 3.63) is 29.8 Å². The average Bonchev–Trinajstić information content (AvgIpc) is 2.05. The van der Waals surface area contributed by atoms with Gasteiger partial charge in [-0.15, -0.1) is 11.8 Å². The summed E-state index contributed by atoms with van der Waals surface area (Å²) >= 11 is 1.59. The van der Waals surface area contributed by atoms with Gasteiger partial charge in [0.1, 0.15) is 0 Å². The van der Waals surface area contributed by atoms with Crippen LogP contribution < -0.4 is 0 Å². The van der Waals surface area contributed by atoms with Gasteiger partial charge >= 0.3 is 0 Å². The molecule has 0 saturated heterocycles. The zero-order valence-electron chi connectivity index (χ0n) is 5.59. The van der Waals surface area contributed by atoms with Crippen LogP contribution in [-0.4, -0.2) is 6.26 Å². The van der Waals surface area contributed by atoms with E-state index in [0.717, 1.165) is 4.90 Å². The highest BCUT2D eigenvalue weighted by atomic mass is 32.2. The molecule has 0 bridgehead atoms. The van der Waals surface area contributed by atoms with Gasteiger partial charge in [-0.1, -0.05) is 6.07 Å². The molecule has 0 spiro atoms. The molecule has 49 valence electrons. The van der Waals surface area contributed by atoms with Gasteiger partial charge in [0.25, 0.3) is 0 Å². The van der Waals surface area contributed by atoms with Crippen molar-refractivity contribution in [2.75, 3.05) is 6.26 Å². The lowest BCUT2D eigenvalue weighted by Crippen LogP contribution is -1.73. The van der Waals surface area contributed by atoms with Crippen LogP contribution in [0.15, 0.2) is 23.1 Å². The van der Waals surface area contributed by atoms with Crippen LogP contribution in [0.1, 0.15) is 5.56 Å². The zero-order chi connectivity index (χ0) is 7.40. The molecule has 0 aromatic heterocycles. The molecule has 1 nitrogen and oxygen atoms in total. The molecule has 1 rings (SSSR count). The Labute approximate surface area is 64.7 Å². The first-order chi connectivity index (χ1) is 4.86. The summed E-state index contributed by atoms with van der Waals surface area (Å²) in [6.45, 7) is 0. The van der Waals surface area contributed by atoms with Crippen LogP contribution in [-0.2, 0) is 0 Å². The highest BCUT2D eigenvalue weighted by molar-refractivity contribution is 7.98. The third-order valence-corrected chi connectivity index (χ3v) is 1.80. The highest BCUT2D eigenvalue weighted by Gasteiger charge is 1.91. The first-order valence-electron chi connectivity index (χ1n) is 2.82. The maximum Gasteiger partial charge on any atom is 0.0992 e. The molecule has 1 aromatic carbocycles. The van der Waals surface area contributed by atoms with Gasteiger partial charge in [0.15, 0.2) is 0 Å². The summed E-state index contributed by atoms with van der Waals surface area (Å²) in [6, 6.07) is 10.4. The second kappa shape index (κ2) is 3.28. The molecule has 0 aliphatic rings. The lowest BCUT2D eigenvalue weighted by molar-refractivity contribution is 1.40. The monoisotopic (exact) mass is 148 g/mol. The Morgan fingerprint density at radius 2 is 2.50 bits per heavy atom. The molecule has 0 amide bonds. The van der Waals surface area contributed by atoms with E-state index in [1.54, 1.807) is 23.9 Å². The molecule has 1 radical (unpaired) electrons. The van der Waals surface area contributed by atoms with Crippen molar-refractivity contribution >= 4 is 11.8 Å². The number of rotatable bonds is 1. The molecular weight excluding hydrogens is 142 g/mol. The van der Waals surface area contributed by atoms with Crippen molar-refractivity contribution in [1.82, 2.24) is 0 Å². The smallest absolute Gasteiger partial charge is 0.0992 e. The summed E-state index contributed by atoms with van der Waals surface area (Å²) in [6.07, 6.45) is 1.97. The molecule has 0 fully saturated rings. The molecule has 0 atom stereocenters. The Kier molecular flexibility index (Phi) is 2.35. The quantitative estimate of drug-likeness (QED) is 0.569. The molecule has 2 heteroatoms. The van der Waals surface area contributed by atoms with Gasteiger partial charge in [-0.2, -0.15) is 5.26 Å². The topological polar surface area (TPSA) is 23.8 Å². The largest absolute Gasteiger partial charge is 0.192 e. The van der Waals surface area contributed by atoms with E-state index in [4.69, 9.17) is 5.26 Å². The van der Waals surface area contributed by atoms with E-state index >= 15 is 0 Å². The van der Waals surface area contributed by atoms with E-state index in [1.165, 1.54) is 0 Å². The Morgan fingerprint density at radius 3 is 3.10 bits per heavy atom. The lowest BCUT2D eigenvalue weighted by Gasteiger charge is -1.92. The molecule has 1 aromatic rings. The fraction of sp³-hybridized carbons (Fsp3) is 0.125. The maximum atomic E-state index is 8.48. The average molecular weight is 148 g/mol. The van der Waals surface area contributed by atoms with Crippen LogP contribution in [0.4, 0.5) is 0 Å². The SMILES string of the molecule is CSc1[c]ccc(C#N)c1. The van der Waals surface area contributed by atoms with Crippen LogP contribution in [0.5, 0.6) is 0 Å². The van der Waals surface area contributed by atoms with E-state index in [1.807, 2.05) is 12.3 Å². The standard InChI is InChI=1S/C8H6NS/c1-10-8-4-2-3-7(5-8)6-9/h2-3,5H,1H3. The summed E-state index contributed by atoms with van der Waals surface area (Å²) < 4.78 is 0. The van der Waals surface area contributed by atoms with Crippen molar-refractivity contribution in [2.45, 2.75) is 4.90 Å². The highest BCUT2D eigenvalue weighted by Crippen LogP contribution is 2.13. The Bertz CT molecular complexity index is 262. The predicted molar refractivity (Wildman–Crippen MR) is 41.8 cm³/mol. The summed E-state index contributed by atoms with van der Waals surface area (Å²) in [7, 11) is 0. The first kappa shape index (κ1) is 7.17. The third-order valence-electron chi connectivity index (χ3n) is 1.12. The van der Waals surface area contributed by atoms with Crippen molar-refractivity contribution in [3.8, 4) is 6.07 Å². The van der Waals surface area contributed by atoms with Crippen molar-refractivity contribution in [1.29, 1.82) is 5.26 Å². The molecule has 0 aliphatic carbocycles. The molecular formula is C8H6NS. The minimum absolute atomic E-state index is 0.697. The van der Waals surface area contributed by atoms with E-state index in [9.17, 15) is 0 Å². The zero-order valence-corrected chi connectivity index (χ0v) is 6.40. The van der Waals surface area contributed by atoms with E-state index in [-0.39, 0.29) is 0 Å². The van der Waals surface area contributed by atoms with Gasteiger partial charge in [-0.25, -0.2) is 0 Å². The number of hydrogen-bond acceptors (Lipinski definition) is 2. The second-order valence-electron chi connectivity index (χ2n) is 1.76. The van der Waals surface area contributed by atoms with Crippen molar-refractivity contribution < 1.29 is 0 Å². The van der Waals surface area contributed by atoms with Crippen molar-refractivity contribution in [3.63, 3.8) is 0 Å². The van der Waals surface area contributed by atoms with Crippen LogP contribution in [0.3, 0.4) is 0 Å². The minimum atomic E-state index is 0.697. The molecule has 0 saturated carbocycles. The molecule has 0 aliphatic heterocycles. The Balaban J connectivity index is 3.01. The van der Waals surface area contributed by atoms with Crippen LogP contribution in [0.25, 0.3) is 0 Å². The minimum Gasteiger partial charge on any atom is -0.192 e. The van der Waals surface area contributed by atoms with E-state index in [2.05, 4.69) is 12.1 Å². The molecule has 0 N–H and O–H groups in total. The van der Waals surface area contributed by atoms with Crippen LogP contribution in [0, 0.1) is 17.4 Å². The fourth-order valence-corrected chi connectivity index (χ4v) is 1.06. The molecule has 0 unspecified atom stereocenters. The van der Waals surface area contributed by atoms with Gasteiger partial charge in [0.05, 0.1) is 11.6 Å². The summed E-state index contributed by atoms with van der Waals surface area (Å²) in [5.41, 5.74) is 0.697. The van der Waals surface area contributed by atoms with Gasteiger partial charge < -0.3 is 0 Å². The summed E-state index contributed by atoms with van der Waals surface area (Å²) in [5, 5.41) is 8.48. The van der Waals surface area contributed by atoms with Crippen LogP contribution in [0.2, 0.25) is 0 Å². The predicted octanol–water partition coefficient (Wildman–Crippen LogP) is 2.08. The number of nitriles is 1. The normalized spacial score (nSPS) is 8.80. The molecule has 0 heterocycles. The van der Waals surface area contributed by atoms with Gasteiger partial charge in [0.2, 0.25) is 0 Å². The first-order valence-corrected chi connectivity index (χ1v) is 4.05. The number of nitrogens with zero attached hydrogens (tertiary/aromatic N) is 1. The van der Waals surface area contributed by atoms with Crippen LogP contribution >= 0.6 is 11.8 Å². The summed E-state index contributed by atoms with van der Waals surface area (Å²) in [4.78, 5) is 1.01. The maximum absolute atomic E-state index is 8.48. The number of thioether (sulfide) groups is 1. The third kappa shape index (κ3) is 1.52. The van der Waals surface area contributed by atoms with Gasteiger partial charge in [0, 0.05) is 4.90 Å². The second-order valence-corrected chi connectivity index (χ2v) is 2.61. The number of hydrogen-bond donors (Lipinski definition) is 0. The number of benzene rings is 1. The Hall–Kier alpha value is -0.940. The van der Waals surface area contributed by atoms with Gasteiger partial charge in [-0.05, 0) is 24.5 Å².